The number of H-pyrrole nitrogens is 1. The van der Waals surface area contributed by atoms with E-state index in [1.807, 2.05) is 12.1 Å². The van der Waals surface area contributed by atoms with E-state index in [-0.39, 0.29) is 0 Å². The molecule has 3 rings (SSSR count). The quantitative estimate of drug-likeness (QED) is 0.754. The molecule has 2 aromatic carbocycles. The maximum absolute atomic E-state index is 4.61. The first-order valence-corrected chi connectivity index (χ1v) is 6.70. The van der Waals surface area contributed by atoms with E-state index in [0.717, 1.165) is 27.8 Å². The second-order valence-corrected chi connectivity index (χ2v) is 5.36. The van der Waals surface area contributed by atoms with Crippen LogP contribution in [0.4, 0.5) is 0 Å². The number of hydrogen-bond acceptors (Lipinski definition) is 1. The Labute approximate surface area is 114 Å². The second-order valence-electron chi connectivity index (χ2n) is 4.45. The van der Waals surface area contributed by atoms with Crippen LogP contribution in [0.5, 0.6) is 0 Å². The van der Waals surface area contributed by atoms with Crippen molar-refractivity contribution in [1.29, 1.82) is 0 Å². The fourth-order valence-electron chi connectivity index (χ4n) is 2.11. The predicted octanol–water partition coefficient (Wildman–Crippen LogP) is 4.22. The predicted molar refractivity (Wildman–Crippen MR) is 77.8 cm³/mol. The van der Waals surface area contributed by atoms with Gasteiger partial charge < -0.3 is 4.98 Å². The molecule has 2 nitrogen and oxygen atoms in total. The molecule has 3 heteroatoms. The molecule has 0 aliphatic carbocycles. The zero-order valence-electron chi connectivity index (χ0n) is 10.1. The SMILES string of the molecule is Cc1ccccc1Cc1nc2ccc(Br)cc2[nH]1. The molecule has 90 valence electrons. The molecule has 0 atom stereocenters. The minimum atomic E-state index is 0.846. The summed E-state index contributed by atoms with van der Waals surface area (Å²) in [7, 11) is 0. The van der Waals surface area contributed by atoms with Crippen molar-refractivity contribution in [2.24, 2.45) is 0 Å². The third kappa shape index (κ3) is 2.18. The summed E-state index contributed by atoms with van der Waals surface area (Å²) in [6.45, 7) is 2.13. The third-order valence-electron chi connectivity index (χ3n) is 3.11. The van der Waals surface area contributed by atoms with Gasteiger partial charge in [-0.3, -0.25) is 0 Å². The number of imidazole rings is 1. The fourth-order valence-corrected chi connectivity index (χ4v) is 2.47. The van der Waals surface area contributed by atoms with E-state index >= 15 is 0 Å². The zero-order valence-corrected chi connectivity index (χ0v) is 11.7. The highest BCUT2D eigenvalue weighted by molar-refractivity contribution is 9.10. The number of aryl methyl sites for hydroxylation is 1. The lowest BCUT2D eigenvalue weighted by atomic mass is 10.1. The number of rotatable bonds is 2. The number of hydrogen-bond donors (Lipinski definition) is 1. The summed E-state index contributed by atoms with van der Waals surface area (Å²) in [5, 5.41) is 0. The van der Waals surface area contributed by atoms with Gasteiger partial charge in [0.1, 0.15) is 5.82 Å². The van der Waals surface area contributed by atoms with Crippen LogP contribution >= 0.6 is 15.9 Å². The Kier molecular flexibility index (Phi) is 2.92. The van der Waals surface area contributed by atoms with Gasteiger partial charge in [-0.2, -0.15) is 0 Å². The van der Waals surface area contributed by atoms with E-state index in [4.69, 9.17) is 0 Å². The molecule has 1 N–H and O–H groups in total. The summed E-state index contributed by atoms with van der Waals surface area (Å²) in [6, 6.07) is 14.5. The van der Waals surface area contributed by atoms with Crippen molar-refractivity contribution in [2.75, 3.05) is 0 Å². The van der Waals surface area contributed by atoms with Gasteiger partial charge in [-0.05, 0) is 36.2 Å². The van der Waals surface area contributed by atoms with Crippen LogP contribution in [0, 0.1) is 6.92 Å². The molecule has 0 bridgehead atoms. The van der Waals surface area contributed by atoms with Crippen LogP contribution in [0.25, 0.3) is 11.0 Å². The Balaban J connectivity index is 1.98. The summed E-state index contributed by atoms with van der Waals surface area (Å²) in [6.07, 6.45) is 0.846. The van der Waals surface area contributed by atoms with E-state index in [9.17, 15) is 0 Å². The van der Waals surface area contributed by atoms with Crippen LogP contribution in [0.2, 0.25) is 0 Å². The highest BCUT2D eigenvalue weighted by Crippen LogP contribution is 2.19. The smallest absolute Gasteiger partial charge is 0.111 e. The van der Waals surface area contributed by atoms with E-state index < -0.39 is 0 Å². The van der Waals surface area contributed by atoms with Crippen molar-refractivity contribution < 1.29 is 0 Å². The summed E-state index contributed by atoms with van der Waals surface area (Å²) >= 11 is 3.47. The van der Waals surface area contributed by atoms with Crippen LogP contribution < -0.4 is 0 Å². The van der Waals surface area contributed by atoms with Crippen molar-refractivity contribution in [3.05, 3.63) is 63.9 Å². The van der Waals surface area contributed by atoms with Gasteiger partial charge in [0.05, 0.1) is 11.0 Å². The summed E-state index contributed by atoms with van der Waals surface area (Å²) in [4.78, 5) is 7.98. The molecule has 1 heterocycles. The van der Waals surface area contributed by atoms with Gasteiger partial charge in [-0.1, -0.05) is 40.2 Å². The second kappa shape index (κ2) is 4.58. The van der Waals surface area contributed by atoms with Gasteiger partial charge in [0.15, 0.2) is 0 Å². The number of nitrogens with one attached hydrogen (secondary N) is 1. The lowest BCUT2D eigenvalue weighted by Gasteiger charge is -2.02. The average Bonchev–Trinajstić information content (AvgIpc) is 2.73. The van der Waals surface area contributed by atoms with Crippen molar-refractivity contribution in [2.45, 2.75) is 13.3 Å². The minimum Gasteiger partial charge on any atom is -0.342 e. The van der Waals surface area contributed by atoms with Crippen LogP contribution in [-0.2, 0) is 6.42 Å². The Bertz CT molecular complexity index is 701. The van der Waals surface area contributed by atoms with Gasteiger partial charge in [0.2, 0.25) is 0 Å². The van der Waals surface area contributed by atoms with Gasteiger partial charge >= 0.3 is 0 Å². The Morgan fingerprint density at radius 2 is 2.00 bits per heavy atom. The molecule has 0 aliphatic rings. The number of aromatic amines is 1. The Hall–Kier alpha value is -1.61. The molecule has 0 spiro atoms. The Morgan fingerprint density at radius 1 is 1.17 bits per heavy atom. The van der Waals surface area contributed by atoms with Crippen LogP contribution in [0.3, 0.4) is 0 Å². The fraction of sp³-hybridized carbons (Fsp3) is 0.133. The maximum Gasteiger partial charge on any atom is 0.111 e. The van der Waals surface area contributed by atoms with Gasteiger partial charge in [-0.15, -0.1) is 0 Å². The summed E-state index contributed by atoms with van der Waals surface area (Å²) in [5.41, 5.74) is 4.71. The molecule has 1 aromatic heterocycles. The van der Waals surface area contributed by atoms with Gasteiger partial charge in [0.25, 0.3) is 0 Å². The molecule has 18 heavy (non-hydrogen) atoms. The molecule has 0 unspecified atom stereocenters. The standard InChI is InChI=1S/C15H13BrN2/c1-10-4-2-3-5-11(10)8-15-17-13-7-6-12(16)9-14(13)18-15/h2-7,9H,8H2,1H3,(H,17,18). The van der Waals surface area contributed by atoms with E-state index in [1.165, 1.54) is 11.1 Å². The molecule has 0 amide bonds. The molecular weight excluding hydrogens is 288 g/mol. The van der Waals surface area contributed by atoms with Crippen LogP contribution in [0.1, 0.15) is 17.0 Å². The Morgan fingerprint density at radius 3 is 2.83 bits per heavy atom. The summed E-state index contributed by atoms with van der Waals surface area (Å²) in [5.74, 6) is 1.01. The molecule has 0 fully saturated rings. The number of nitrogens with zero attached hydrogens (tertiary/aromatic N) is 1. The maximum atomic E-state index is 4.61. The van der Waals surface area contributed by atoms with Crippen molar-refractivity contribution in [1.82, 2.24) is 9.97 Å². The molecule has 0 radical (unpaired) electrons. The normalized spacial score (nSPS) is 11.0. The van der Waals surface area contributed by atoms with Crippen molar-refractivity contribution in [3.8, 4) is 0 Å². The number of halogens is 1. The summed E-state index contributed by atoms with van der Waals surface area (Å²) < 4.78 is 1.07. The minimum absolute atomic E-state index is 0.846. The van der Waals surface area contributed by atoms with Crippen molar-refractivity contribution in [3.63, 3.8) is 0 Å². The molecular formula is C15H13BrN2. The largest absolute Gasteiger partial charge is 0.342 e. The lowest BCUT2D eigenvalue weighted by Crippen LogP contribution is -1.93. The molecule has 0 aliphatic heterocycles. The van der Waals surface area contributed by atoms with E-state index in [2.05, 4.69) is 63.2 Å². The number of benzene rings is 2. The van der Waals surface area contributed by atoms with Crippen LogP contribution in [-0.4, -0.2) is 9.97 Å². The first-order valence-electron chi connectivity index (χ1n) is 5.91. The molecule has 3 aromatic rings. The van der Waals surface area contributed by atoms with Crippen molar-refractivity contribution >= 4 is 27.0 Å². The average molecular weight is 301 g/mol. The topological polar surface area (TPSA) is 28.7 Å². The first kappa shape index (κ1) is 11.5. The molecule has 0 saturated heterocycles. The van der Waals surface area contributed by atoms with Gasteiger partial charge in [0, 0.05) is 10.9 Å². The monoisotopic (exact) mass is 300 g/mol. The number of fused-ring (bicyclic) bond motifs is 1. The number of aromatic nitrogens is 2. The van der Waals surface area contributed by atoms with Crippen LogP contribution in [0.15, 0.2) is 46.9 Å². The lowest BCUT2D eigenvalue weighted by molar-refractivity contribution is 1.03. The van der Waals surface area contributed by atoms with E-state index in [1.54, 1.807) is 0 Å². The molecule has 0 saturated carbocycles. The van der Waals surface area contributed by atoms with Gasteiger partial charge in [-0.25, -0.2) is 4.98 Å². The van der Waals surface area contributed by atoms with E-state index in [0.29, 0.717) is 0 Å². The highest BCUT2D eigenvalue weighted by atomic mass is 79.9. The highest BCUT2D eigenvalue weighted by Gasteiger charge is 2.05. The zero-order chi connectivity index (χ0) is 12.5. The first-order chi connectivity index (χ1) is 8.72. The third-order valence-corrected chi connectivity index (χ3v) is 3.61.